The number of rotatable bonds is 3. The minimum Gasteiger partial charge on any atom is -0.369 e. The van der Waals surface area contributed by atoms with Crippen molar-refractivity contribution in [3.05, 3.63) is 68.7 Å². The van der Waals surface area contributed by atoms with E-state index in [0.717, 1.165) is 11.6 Å². The lowest BCUT2D eigenvalue weighted by Gasteiger charge is -2.10. The molecule has 2 aromatic carbocycles. The number of hydrogen-bond acceptors (Lipinski definition) is 4. The second-order valence-corrected chi connectivity index (χ2v) is 6.64. The normalized spacial score (nSPS) is 13.3. The van der Waals surface area contributed by atoms with E-state index in [1.54, 1.807) is 4.68 Å². The van der Waals surface area contributed by atoms with Crippen LogP contribution in [0.1, 0.15) is 11.1 Å². The first-order chi connectivity index (χ1) is 13.3. The van der Waals surface area contributed by atoms with E-state index in [1.165, 1.54) is 36.4 Å². The molecule has 0 spiro atoms. The molecule has 6 nitrogen and oxygen atoms in total. The van der Waals surface area contributed by atoms with Gasteiger partial charge in [-0.25, -0.2) is 4.68 Å². The van der Waals surface area contributed by atoms with E-state index in [4.69, 9.17) is 11.6 Å². The minimum absolute atomic E-state index is 0.0618. The van der Waals surface area contributed by atoms with Crippen molar-refractivity contribution < 1.29 is 18.1 Å². The summed E-state index contributed by atoms with van der Waals surface area (Å²) in [6.45, 7) is 0.618. The van der Waals surface area contributed by atoms with Crippen molar-refractivity contribution in [3.8, 4) is 16.9 Å². The highest BCUT2D eigenvalue weighted by Crippen LogP contribution is 2.40. The molecular formula is C18H12ClF3N4O2. The van der Waals surface area contributed by atoms with Gasteiger partial charge in [-0.1, -0.05) is 17.7 Å². The van der Waals surface area contributed by atoms with E-state index in [2.05, 4.69) is 10.4 Å². The summed E-state index contributed by atoms with van der Waals surface area (Å²) in [5.41, 5.74) is 1.09. The summed E-state index contributed by atoms with van der Waals surface area (Å²) in [5.74, 6) is 0.660. The maximum atomic E-state index is 13.2. The van der Waals surface area contributed by atoms with Crippen LogP contribution in [0.25, 0.3) is 16.9 Å². The second kappa shape index (κ2) is 6.52. The summed E-state index contributed by atoms with van der Waals surface area (Å²) in [7, 11) is 0. The van der Waals surface area contributed by atoms with E-state index in [-0.39, 0.29) is 10.7 Å². The van der Waals surface area contributed by atoms with Gasteiger partial charge in [0.2, 0.25) is 0 Å². The molecule has 0 amide bonds. The van der Waals surface area contributed by atoms with E-state index < -0.39 is 16.7 Å². The minimum atomic E-state index is -4.57. The van der Waals surface area contributed by atoms with Crippen LogP contribution in [0.5, 0.6) is 0 Å². The summed E-state index contributed by atoms with van der Waals surface area (Å²) < 4.78 is 41.2. The van der Waals surface area contributed by atoms with Gasteiger partial charge in [0.05, 0.1) is 26.9 Å². The topological polar surface area (TPSA) is 73.0 Å². The zero-order valence-electron chi connectivity index (χ0n) is 14.1. The van der Waals surface area contributed by atoms with Crippen LogP contribution in [-0.2, 0) is 12.6 Å². The molecule has 1 aromatic heterocycles. The Bertz CT molecular complexity index is 1080. The number of aromatic nitrogens is 2. The molecule has 1 aliphatic heterocycles. The van der Waals surface area contributed by atoms with Crippen LogP contribution in [0.4, 0.5) is 24.7 Å². The molecule has 0 unspecified atom stereocenters. The van der Waals surface area contributed by atoms with Crippen LogP contribution in [0.15, 0.2) is 42.5 Å². The zero-order valence-corrected chi connectivity index (χ0v) is 14.9. The predicted octanol–water partition coefficient (Wildman–Crippen LogP) is 5.09. The molecule has 1 N–H and O–H groups in total. The largest absolute Gasteiger partial charge is 0.417 e. The van der Waals surface area contributed by atoms with Crippen molar-refractivity contribution in [2.75, 3.05) is 11.9 Å². The molecule has 0 bridgehead atoms. The summed E-state index contributed by atoms with van der Waals surface area (Å²) in [6.07, 6.45) is -3.98. The Morgan fingerprint density at radius 2 is 1.89 bits per heavy atom. The Balaban J connectivity index is 1.83. The summed E-state index contributed by atoms with van der Waals surface area (Å²) >= 11 is 5.71. The molecule has 0 saturated heterocycles. The molecule has 144 valence electrons. The highest BCUT2D eigenvalue weighted by Gasteiger charge is 2.34. The molecule has 28 heavy (non-hydrogen) atoms. The van der Waals surface area contributed by atoms with Crippen LogP contribution < -0.4 is 5.32 Å². The van der Waals surface area contributed by atoms with E-state index in [1.807, 2.05) is 0 Å². The van der Waals surface area contributed by atoms with E-state index in [9.17, 15) is 23.3 Å². The van der Waals surface area contributed by atoms with Gasteiger partial charge in [0.1, 0.15) is 5.82 Å². The van der Waals surface area contributed by atoms with Crippen LogP contribution >= 0.6 is 11.6 Å². The molecule has 0 aliphatic carbocycles. The van der Waals surface area contributed by atoms with Crippen LogP contribution in [0.3, 0.4) is 0 Å². The third-order valence-corrected chi connectivity index (χ3v) is 4.83. The maximum absolute atomic E-state index is 13.2. The molecule has 0 fully saturated rings. The number of halogens is 4. The van der Waals surface area contributed by atoms with Gasteiger partial charge in [-0.3, -0.25) is 10.1 Å². The molecule has 0 radical (unpaired) electrons. The van der Waals surface area contributed by atoms with Gasteiger partial charge < -0.3 is 5.32 Å². The highest BCUT2D eigenvalue weighted by atomic mass is 35.5. The third-order valence-electron chi connectivity index (χ3n) is 4.50. The molecular weight excluding hydrogens is 397 g/mol. The van der Waals surface area contributed by atoms with Crippen molar-refractivity contribution in [1.82, 2.24) is 9.78 Å². The number of hydrogen-bond donors (Lipinski definition) is 1. The first-order valence-corrected chi connectivity index (χ1v) is 8.61. The number of fused-ring (bicyclic) bond motifs is 1. The van der Waals surface area contributed by atoms with Crippen molar-refractivity contribution in [1.29, 1.82) is 0 Å². The molecule has 10 heteroatoms. The number of benzene rings is 2. The van der Waals surface area contributed by atoms with Crippen LogP contribution in [0.2, 0.25) is 5.02 Å². The number of nitro groups is 1. The quantitative estimate of drug-likeness (QED) is 0.484. The van der Waals surface area contributed by atoms with Gasteiger partial charge in [0.15, 0.2) is 0 Å². The Hall–Kier alpha value is -3.07. The highest BCUT2D eigenvalue weighted by molar-refractivity contribution is 6.31. The molecule has 0 atom stereocenters. The van der Waals surface area contributed by atoms with E-state index in [0.29, 0.717) is 35.7 Å². The van der Waals surface area contributed by atoms with Crippen LogP contribution in [0, 0.1) is 10.1 Å². The number of nitro benzene ring substituents is 1. The lowest BCUT2D eigenvalue weighted by Crippen LogP contribution is -2.06. The number of non-ortho nitro benzene ring substituents is 1. The van der Waals surface area contributed by atoms with Gasteiger partial charge in [-0.15, -0.1) is 0 Å². The Morgan fingerprint density at radius 1 is 1.18 bits per heavy atom. The number of anilines is 1. The average molecular weight is 409 g/mol. The lowest BCUT2D eigenvalue weighted by atomic mass is 10.0. The van der Waals surface area contributed by atoms with Gasteiger partial charge in [-0.2, -0.15) is 18.3 Å². The Labute approximate surface area is 161 Å². The van der Waals surface area contributed by atoms with Crippen molar-refractivity contribution in [2.45, 2.75) is 12.6 Å². The van der Waals surface area contributed by atoms with Crippen molar-refractivity contribution in [2.24, 2.45) is 0 Å². The predicted molar refractivity (Wildman–Crippen MR) is 97.9 cm³/mol. The van der Waals surface area contributed by atoms with Gasteiger partial charge in [-0.05, 0) is 30.7 Å². The van der Waals surface area contributed by atoms with Gasteiger partial charge in [0.25, 0.3) is 5.69 Å². The number of alkyl halides is 3. The van der Waals surface area contributed by atoms with E-state index >= 15 is 0 Å². The molecule has 1 aliphatic rings. The second-order valence-electron chi connectivity index (χ2n) is 6.23. The number of nitrogens with one attached hydrogen (secondary N) is 1. The fourth-order valence-corrected chi connectivity index (χ4v) is 3.42. The summed E-state index contributed by atoms with van der Waals surface area (Å²) in [6, 6.07) is 9.47. The van der Waals surface area contributed by atoms with Gasteiger partial charge >= 0.3 is 6.18 Å². The van der Waals surface area contributed by atoms with Crippen molar-refractivity contribution >= 4 is 23.1 Å². The summed E-state index contributed by atoms with van der Waals surface area (Å²) in [5, 5.41) is 18.1. The fraction of sp³-hybridized carbons (Fsp3) is 0.167. The first-order valence-electron chi connectivity index (χ1n) is 8.23. The van der Waals surface area contributed by atoms with Gasteiger partial charge in [0, 0.05) is 29.8 Å². The van der Waals surface area contributed by atoms with Crippen LogP contribution in [-0.4, -0.2) is 21.2 Å². The third kappa shape index (κ3) is 3.07. The average Bonchev–Trinajstić information content (AvgIpc) is 3.24. The first kappa shape index (κ1) is 18.3. The maximum Gasteiger partial charge on any atom is 0.417 e. The fourth-order valence-electron chi connectivity index (χ4n) is 3.20. The summed E-state index contributed by atoms with van der Waals surface area (Å²) in [4.78, 5) is 10.3. The Morgan fingerprint density at radius 3 is 2.54 bits per heavy atom. The van der Waals surface area contributed by atoms with Crippen molar-refractivity contribution in [3.63, 3.8) is 0 Å². The molecule has 3 aromatic rings. The SMILES string of the molecule is O=[N+]([O-])c1ccc(-n2nc(-c3ccc(Cl)c(C(F)(F)F)c3)c3c2NCC3)cc1. The standard InChI is InChI=1S/C18H12ClF3N4O2/c19-15-6-1-10(9-14(15)18(20,21)22)16-13-7-8-23-17(13)25(24-16)11-2-4-12(5-3-11)26(27)28/h1-6,9,23H,7-8H2. The Kier molecular flexibility index (Phi) is 4.26. The monoisotopic (exact) mass is 408 g/mol. The number of nitrogens with zero attached hydrogens (tertiary/aromatic N) is 3. The molecule has 4 rings (SSSR count). The zero-order chi connectivity index (χ0) is 20.1. The molecule has 0 saturated carbocycles. The lowest BCUT2D eigenvalue weighted by molar-refractivity contribution is -0.384. The molecule has 2 heterocycles. The smallest absolute Gasteiger partial charge is 0.369 e.